The maximum Gasteiger partial charge on any atom is 0.184 e. The van der Waals surface area contributed by atoms with Crippen LogP contribution in [-0.2, 0) is 4.74 Å². The van der Waals surface area contributed by atoms with E-state index in [1.807, 2.05) is 13.8 Å². The van der Waals surface area contributed by atoms with Gasteiger partial charge in [0.25, 0.3) is 0 Å². The maximum absolute atomic E-state index is 9.12. The van der Waals surface area contributed by atoms with Gasteiger partial charge in [-0.1, -0.05) is 13.8 Å². The molecule has 5 atom stereocenters. The van der Waals surface area contributed by atoms with Crippen molar-refractivity contribution in [2.24, 2.45) is 0 Å². The van der Waals surface area contributed by atoms with Gasteiger partial charge in [-0.15, -0.1) is 0 Å². The molecule has 1 unspecified atom stereocenters. The Bertz CT molecular complexity index is 183. The molecule has 0 aromatic rings. The van der Waals surface area contributed by atoms with Gasteiger partial charge in [-0.05, 0) is 5.25 Å². The average molecular weight is 256 g/mol. The van der Waals surface area contributed by atoms with Crippen LogP contribution in [0, 0.1) is 0 Å². The van der Waals surface area contributed by atoms with Crippen LogP contribution in [0.15, 0.2) is 0 Å². The van der Waals surface area contributed by atoms with E-state index in [9.17, 15) is 0 Å². The van der Waals surface area contributed by atoms with Gasteiger partial charge in [-0.3, -0.25) is 0 Å². The van der Waals surface area contributed by atoms with Gasteiger partial charge in [-0.2, -0.15) is 12.6 Å². The zero-order valence-electron chi connectivity index (χ0n) is 9.26. The first-order valence-corrected chi connectivity index (χ1v) is 5.49. The molecule has 5 N–H and O–H groups in total. The summed E-state index contributed by atoms with van der Waals surface area (Å²) in [5.41, 5.74) is 0. The SMILES string of the molecule is CC(C)S.OC[C@H]1OC(O)[C@H](O)[C@@H](O)[C@H]1O. The number of ether oxygens (including phenoxy) is 1. The molecule has 7 heteroatoms. The Labute approximate surface area is 99.9 Å². The van der Waals surface area contributed by atoms with Gasteiger partial charge < -0.3 is 30.3 Å². The molecule has 0 saturated carbocycles. The van der Waals surface area contributed by atoms with Crippen molar-refractivity contribution in [2.75, 3.05) is 6.61 Å². The summed E-state index contributed by atoms with van der Waals surface area (Å²) < 4.78 is 4.58. The van der Waals surface area contributed by atoms with Crippen LogP contribution in [0.4, 0.5) is 0 Å². The fourth-order valence-corrected chi connectivity index (χ4v) is 1.08. The van der Waals surface area contributed by atoms with Crippen LogP contribution in [0.25, 0.3) is 0 Å². The molecule has 0 bridgehead atoms. The Morgan fingerprint density at radius 3 is 1.88 bits per heavy atom. The molecule has 1 aliphatic heterocycles. The van der Waals surface area contributed by atoms with Crippen molar-refractivity contribution >= 4 is 12.6 Å². The molecule has 0 spiro atoms. The van der Waals surface area contributed by atoms with E-state index in [-0.39, 0.29) is 0 Å². The van der Waals surface area contributed by atoms with Crippen molar-refractivity contribution in [3.8, 4) is 0 Å². The summed E-state index contributed by atoms with van der Waals surface area (Å²) in [6.45, 7) is 3.54. The minimum absolute atomic E-state index is 0.526. The second-order valence-electron chi connectivity index (χ2n) is 3.81. The van der Waals surface area contributed by atoms with Gasteiger partial charge in [0.1, 0.15) is 24.4 Å². The predicted octanol–water partition coefficient (Wildman–Crippen LogP) is -1.90. The second kappa shape index (κ2) is 7.44. The Balaban J connectivity index is 0.000000487. The third-order valence-corrected chi connectivity index (χ3v) is 1.87. The highest BCUT2D eigenvalue weighted by Crippen LogP contribution is 2.18. The lowest BCUT2D eigenvalue weighted by Gasteiger charge is -2.37. The van der Waals surface area contributed by atoms with Gasteiger partial charge in [-0.25, -0.2) is 0 Å². The molecule has 0 aliphatic carbocycles. The van der Waals surface area contributed by atoms with E-state index >= 15 is 0 Å². The molecule has 16 heavy (non-hydrogen) atoms. The largest absolute Gasteiger partial charge is 0.394 e. The average Bonchev–Trinajstić information content (AvgIpc) is 2.19. The quantitative estimate of drug-likeness (QED) is 0.306. The summed E-state index contributed by atoms with van der Waals surface area (Å²) in [5.74, 6) is 0. The highest BCUT2D eigenvalue weighted by Gasteiger charge is 2.42. The van der Waals surface area contributed by atoms with Crippen LogP contribution in [0.2, 0.25) is 0 Å². The highest BCUT2D eigenvalue weighted by atomic mass is 32.1. The van der Waals surface area contributed by atoms with Crippen molar-refractivity contribution < 1.29 is 30.3 Å². The van der Waals surface area contributed by atoms with Crippen molar-refractivity contribution in [1.29, 1.82) is 0 Å². The van der Waals surface area contributed by atoms with Gasteiger partial charge in [0, 0.05) is 0 Å². The molecule has 1 aliphatic rings. The first kappa shape index (κ1) is 16.1. The van der Waals surface area contributed by atoms with Crippen LogP contribution in [0.5, 0.6) is 0 Å². The number of thiol groups is 1. The Morgan fingerprint density at radius 1 is 1.06 bits per heavy atom. The summed E-state index contributed by atoms with van der Waals surface area (Å²) in [6.07, 6.45) is -7.04. The molecule has 1 saturated heterocycles. The van der Waals surface area contributed by atoms with E-state index in [0.29, 0.717) is 5.25 Å². The summed E-state index contributed by atoms with van der Waals surface area (Å²) in [7, 11) is 0. The fraction of sp³-hybridized carbons (Fsp3) is 1.00. The Morgan fingerprint density at radius 2 is 1.50 bits per heavy atom. The Hall–Kier alpha value is 0.110. The molecular formula is C9H20O6S. The van der Waals surface area contributed by atoms with Crippen molar-refractivity contribution in [1.82, 2.24) is 0 Å². The topological polar surface area (TPSA) is 110 Å². The number of rotatable bonds is 1. The second-order valence-corrected chi connectivity index (χ2v) is 4.85. The molecule has 6 nitrogen and oxygen atoms in total. The van der Waals surface area contributed by atoms with Crippen LogP contribution >= 0.6 is 12.6 Å². The first-order valence-electron chi connectivity index (χ1n) is 4.97. The number of hydrogen-bond acceptors (Lipinski definition) is 7. The Kier molecular flexibility index (Phi) is 7.49. The summed E-state index contributed by atoms with van der Waals surface area (Å²) in [6, 6.07) is 0. The minimum Gasteiger partial charge on any atom is -0.394 e. The lowest BCUT2D eigenvalue weighted by atomic mass is 10.00. The standard InChI is InChI=1S/C6H12O6.C3H8S/c7-1-2-3(8)4(9)5(10)6(11)12-2;1-3(2)4/h2-11H,1H2;3-4H,1-2H3/t2-,3+,4+,5-,6?;/m1./s1. The van der Waals surface area contributed by atoms with Crippen molar-refractivity contribution in [3.63, 3.8) is 0 Å². The zero-order chi connectivity index (χ0) is 12.9. The normalized spacial score (nSPS) is 39.2. The van der Waals surface area contributed by atoms with E-state index in [1.165, 1.54) is 0 Å². The minimum atomic E-state index is -1.57. The lowest BCUT2D eigenvalue weighted by molar-refractivity contribution is -0.286. The third-order valence-electron chi connectivity index (χ3n) is 1.87. The first-order chi connectivity index (χ1) is 7.31. The summed E-state index contributed by atoms with van der Waals surface area (Å²) in [5, 5.41) is 45.2. The summed E-state index contributed by atoms with van der Waals surface area (Å²) in [4.78, 5) is 0. The molecule has 0 aromatic carbocycles. The van der Waals surface area contributed by atoms with Gasteiger partial charge in [0.05, 0.1) is 6.61 Å². The number of aliphatic hydroxyl groups is 5. The molecule has 1 fully saturated rings. The molecule has 1 heterocycles. The molecule has 0 amide bonds. The fourth-order valence-electron chi connectivity index (χ4n) is 1.08. The zero-order valence-corrected chi connectivity index (χ0v) is 10.2. The van der Waals surface area contributed by atoms with E-state index in [4.69, 9.17) is 25.5 Å². The van der Waals surface area contributed by atoms with Crippen molar-refractivity contribution in [3.05, 3.63) is 0 Å². The van der Waals surface area contributed by atoms with Crippen LogP contribution < -0.4 is 0 Å². The molecule has 1 rings (SSSR count). The number of hydrogen-bond donors (Lipinski definition) is 6. The predicted molar refractivity (Wildman–Crippen MR) is 60.1 cm³/mol. The van der Waals surface area contributed by atoms with Gasteiger partial charge >= 0.3 is 0 Å². The van der Waals surface area contributed by atoms with Gasteiger partial charge in [0.15, 0.2) is 6.29 Å². The van der Waals surface area contributed by atoms with Crippen LogP contribution in [-0.4, -0.2) is 68.1 Å². The van der Waals surface area contributed by atoms with Crippen LogP contribution in [0.3, 0.4) is 0 Å². The maximum atomic E-state index is 9.12. The highest BCUT2D eigenvalue weighted by molar-refractivity contribution is 7.80. The molecular weight excluding hydrogens is 236 g/mol. The van der Waals surface area contributed by atoms with E-state index in [2.05, 4.69) is 17.4 Å². The molecule has 98 valence electrons. The molecule has 0 radical (unpaired) electrons. The lowest BCUT2D eigenvalue weighted by Crippen LogP contribution is -2.58. The smallest absolute Gasteiger partial charge is 0.184 e. The van der Waals surface area contributed by atoms with Crippen molar-refractivity contribution in [2.45, 2.75) is 49.8 Å². The monoisotopic (exact) mass is 256 g/mol. The van der Waals surface area contributed by atoms with Crippen LogP contribution in [0.1, 0.15) is 13.8 Å². The summed E-state index contributed by atoms with van der Waals surface area (Å²) >= 11 is 3.97. The number of aliphatic hydroxyl groups excluding tert-OH is 5. The third kappa shape index (κ3) is 4.96. The molecule has 0 aromatic heterocycles. The van der Waals surface area contributed by atoms with E-state index in [1.54, 1.807) is 0 Å². The van der Waals surface area contributed by atoms with E-state index in [0.717, 1.165) is 0 Å². The van der Waals surface area contributed by atoms with Gasteiger partial charge in [0.2, 0.25) is 0 Å². The van der Waals surface area contributed by atoms with E-state index < -0.39 is 37.3 Å².